The molecular weight excluding hydrogens is 288 g/mol. The largest absolute Gasteiger partial charge is 0.478 e. The van der Waals surface area contributed by atoms with Crippen LogP contribution in [-0.4, -0.2) is 29.6 Å². The van der Waals surface area contributed by atoms with Gasteiger partial charge < -0.3 is 15.7 Å². The van der Waals surface area contributed by atoms with Gasteiger partial charge in [0.25, 0.3) is 0 Å². The van der Waals surface area contributed by atoms with E-state index in [0.29, 0.717) is 23.1 Å². The number of aromatic carboxylic acids is 1. The zero-order chi connectivity index (χ0) is 12.6. The van der Waals surface area contributed by atoms with Crippen LogP contribution in [0.15, 0.2) is 22.7 Å². The Morgan fingerprint density at radius 1 is 1.47 bits per heavy atom. The monoisotopic (exact) mass is 298 g/mol. The summed E-state index contributed by atoms with van der Waals surface area (Å²) in [7, 11) is 0. The van der Waals surface area contributed by atoms with Crippen molar-refractivity contribution < 1.29 is 14.7 Å². The lowest BCUT2D eigenvalue weighted by Gasteiger charge is -2.17. The molecule has 1 fully saturated rings. The van der Waals surface area contributed by atoms with Gasteiger partial charge in [0.05, 0.1) is 5.56 Å². The van der Waals surface area contributed by atoms with Gasteiger partial charge in [-0.25, -0.2) is 4.79 Å². The van der Waals surface area contributed by atoms with Crippen LogP contribution in [0.1, 0.15) is 16.8 Å². The van der Waals surface area contributed by atoms with Crippen molar-refractivity contribution in [2.45, 2.75) is 12.5 Å². The average molecular weight is 299 g/mol. The summed E-state index contributed by atoms with van der Waals surface area (Å²) in [6.07, 6.45) is 0.301. The normalized spacial score (nSPS) is 19.8. The number of carbonyl (C=O) groups is 2. The first-order chi connectivity index (χ1) is 7.97. The molecule has 5 nitrogen and oxygen atoms in total. The Balaban J connectivity index is 2.39. The second-order valence-corrected chi connectivity index (χ2v) is 4.89. The number of carbonyl (C=O) groups excluding carboxylic acids is 1. The van der Waals surface area contributed by atoms with Crippen LogP contribution in [-0.2, 0) is 4.79 Å². The summed E-state index contributed by atoms with van der Waals surface area (Å²) < 4.78 is 0.626. The third kappa shape index (κ3) is 2.48. The van der Waals surface area contributed by atoms with Gasteiger partial charge >= 0.3 is 5.97 Å². The van der Waals surface area contributed by atoms with E-state index >= 15 is 0 Å². The Kier molecular flexibility index (Phi) is 3.17. The highest BCUT2D eigenvalue weighted by Crippen LogP contribution is 2.26. The van der Waals surface area contributed by atoms with Gasteiger partial charge in [0.2, 0.25) is 5.91 Å². The van der Waals surface area contributed by atoms with Crippen LogP contribution < -0.4 is 10.6 Å². The van der Waals surface area contributed by atoms with E-state index in [-0.39, 0.29) is 17.5 Å². The quantitative estimate of drug-likeness (QED) is 0.860. The molecule has 1 unspecified atom stereocenters. The smallest absolute Gasteiger partial charge is 0.335 e. The van der Waals surface area contributed by atoms with E-state index in [1.165, 1.54) is 17.0 Å². The minimum Gasteiger partial charge on any atom is -0.478 e. The average Bonchev–Trinajstić information content (AvgIpc) is 2.57. The van der Waals surface area contributed by atoms with Crippen LogP contribution >= 0.6 is 15.9 Å². The lowest BCUT2D eigenvalue weighted by Crippen LogP contribution is -2.28. The number of carboxylic acid groups (broad SMARTS) is 1. The molecule has 1 aliphatic rings. The van der Waals surface area contributed by atoms with Crippen LogP contribution in [0.3, 0.4) is 0 Å². The lowest BCUT2D eigenvalue weighted by molar-refractivity contribution is -0.117. The summed E-state index contributed by atoms with van der Waals surface area (Å²) in [6.45, 7) is 0.425. The summed E-state index contributed by atoms with van der Waals surface area (Å²) in [5, 5.41) is 8.95. The second-order valence-electron chi connectivity index (χ2n) is 3.97. The number of nitrogens with two attached hydrogens (primary N) is 1. The molecule has 1 aromatic rings. The van der Waals surface area contributed by atoms with Gasteiger partial charge in [0.1, 0.15) is 0 Å². The molecule has 1 heterocycles. The predicted molar refractivity (Wildman–Crippen MR) is 66.0 cm³/mol. The fourth-order valence-corrected chi connectivity index (χ4v) is 2.32. The van der Waals surface area contributed by atoms with Crippen LogP contribution in [0.5, 0.6) is 0 Å². The molecular formula is C11H11BrN2O3. The first kappa shape index (κ1) is 12.1. The van der Waals surface area contributed by atoms with Crippen LogP contribution in [0.4, 0.5) is 5.69 Å². The Bertz CT molecular complexity index is 490. The molecule has 2 rings (SSSR count). The number of benzene rings is 1. The van der Waals surface area contributed by atoms with Crippen molar-refractivity contribution in [2.24, 2.45) is 5.73 Å². The molecule has 90 valence electrons. The summed E-state index contributed by atoms with van der Waals surface area (Å²) >= 11 is 3.23. The van der Waals surface area contributed by atoms with Crippen molar-refractivity contribution in [3.05, 3.63) is 28.2 Å². The fraction of sp³-hybridized carbons (Fsp3) is 0.273. The molecule has 1 atom stereocenters. The molecule has 1 saturated heterocycles. The summed E-state index contributed by atoms with van der Waals surface area (Å²) in [4.78, 5) is 24.1. The minimum absolute atomic E-state index is 0.0769. The number of carboxylic acids is 1. The molecule has 6 heteroatoms. The van der Waals surface area contributed by atoms with E-state index in [1.54, 1.807) is 6.07 Å². The van der Waals surface area contributed by atoms with Gasteiger partial charge in [-0.15, -0.1) is 0 Å². The van der Waals surface area contributed by atoms with E-state index in [0.717, 1.165) is 0 Å². The van der Waals surface area contributed by atoms with Gasteiger partial charge in [0.15, 0.2) is 0 Å². The Hall–Kier alpha value is -1.40. The topological polar surface area (TPSA) is 83.6 Å². The number of hydrogen-bond acceptors (Lipinski definition) is 3. The Labute approximate surface area is 106 Å². The summed E-state index contributed by atoms with van der Waals surface area (Å²) in [6, 6.07) is 4.49. The number of anilines is 1. The summed E-state index contributed by atoms with van der Waals surface area (Å²) in [5.41, 5.74) is 6.40. The van der Waals surface area contributed by atoms with Crippen LogP contribution in [0.2, 0.25) is 0 Å². The van der Waals surface area contributed by atoms with Crippen molar-refractivity contribution in [3.63, 3.8) is 0 Å². The van der Waals surface area contributed by atoms with Crippen molar-refractivity contribution >= 4 is 33.5 Å². The fourth-order valence-electron chi connectivity index (χ4n) is 1.84. The van der Waals surface area contributed by atoms with Gasteiger partial charge in [-0.2, -0.15) is 0 Å². The molecule has 0 saturated carbocycles. The maximum absolute atomic E-state index is 11.7. The van der Waals surface area contributed by atoms with Gasteiger partial charge in [0, 0.05) is 29.2 Å². The highest BCUT2D eigenvalue weighted by Gasteiger charge is 2.28. The van der Waals surface area contributed by atoms with E-state index in [9.17, 15) is 9.59 Å². The molecule has 17 heavy (non-hydrogen) atoms. The predicted octanol–water partition coefficient (Wildman–Crippen LogP) is 1.21. The number of rotatable bonds is 2. The molecule has 0 aromatic heterocycles. The maximum Gasteiger partial charge on any atom is 0.335 e. The number of amides is 1. The van der Waals surface area contributed by atoms with E-state index in [4.69, 9.17) is 10.8 Å². The van der Waals surface area contributed by atoms with Gasteiger partial charge in [-0.3, -0.25) is 4.79 Å². The van der Waals surface area contributed by atoms with E-state index in [1.807, 2.05) is 0 Å². The molecule has 0 aliphatic carbocycles. The third-order valence-corrected chi connectivity index (χ3v) is 3.05. The molecule has 3 N–H and O–H groups in total. The SMILES string of the molecule is NC1CC(=O)N(c2cc(Br)cc(C(=O)O)c2)C1. The molecule has 0 bridgehead atoms. The van der Waals surface area contributed by atoms with E-state index < -0.39 is 5.97 Å². The zero-order valence-electron chi connectivity index (χ0n) is 8.89. The maximum atomic E-state index is 11.7. The Morgan fingerprint density at radius 3 is 2.71 bits per heavy atom. The number of halogens is 1. The lowest BCUT2D eigenvalue weighted by atomic mass is 10.2. The first-order valence-corrected chi connectivity index (χ1v) is 5.86. The third-order valence-electron chi connectivity index (χ3n) is 2.60. The van der Waals surface area contributed by atoms with Crippen molar-refractivity contribution in [1.29, 1.82) is 0 Å². The molecule has 1 aliphatic heterocycles. The minimum atomic E-state index is -1.02. The number of hydrogen-bond donors (Lipinski definition) is 2. The van der Waals surface area contributed by atoms with Gasteiger partial charge in [-0.1, -0.05) is 15.9 Å². The van der Waals surface area contributed by atoms with Crippen molar-refractivity contribution in [3.8, 4) is 0 Å². The highest BCUT2D eigenvalue weighted by atomic mass is 79.9. The van der Waals surface area contributed by atoms with Gasteiger partial charge in [-0.05, 0) is 18.2 Å². The van der Waals surface area contributed by atoms with Crippen LogP contribution in [0, 0.1) is 0 Å². The zero-order valence-corrected chi connectivity index (χ0v) is 10.5. The molecule has 1 amide bonds. The summed E-state index contributed by atoms with van der Waals surface area (Å²) in [5.74, 6) is -1.10. The standard InChI is InChI=1S/C11H11BrN2O3/c12-7-1-6(11(16)17)2-9(3-7)14-5-8(13)4-10(14)15/h1-3,8H,4-5,13H2,(H,16,17). The highest BCUT2D eigenvalue weighted by molar-refractivity contribution is 9.10. The second kappa shape index (κ2) is 4.46. The van der Waals surface area contributed by atoms with Crippen molar-refractivity contribution in [2.75, 3.05) is 11.4 Å². The molecule has 0 radical (unpaired) electrons. The first-order valence-electron chi connectivity index (χ1n) is 5.07. The van der Waals surface area contributed by atoms with Crippen LogP contribution in [0.25, 0.3) is 0 Å². The number of nitrogens with zero attached hydrogens (tertiary/aromatic N) is 1. The Morgan fingerprint density at radius 2 is 2.18 bits per heavy atom. The molecule has 1 aromatic carbocycles. The molecule has 0 spiro atoms. The van der Waals surface area contributed by atoms with E-state index in [2.05, 4.69) is 15.9 Å². The van der Waals surface area contributed by atoms with Crippen molar-refractivity contribution in [1.82, 2.24) is 0 Å².